The van der Waals surface area contributed by atoms with Crippen molar-refractivity contribution < 1.29 is 14.1 Å². The number of carbonyl (C=O) groups is 1. The summed E-state index contributed by atoms with van der Waals surface area (Å²) < 4.78 is 4.95. The Morgan fingerprint density at radius 1 is 1.18 bits per heavy atom. The van der Waals surface area contributed by atoms with E-state index in [2.05, 4.69) is 16.3 Å². The van der Waals surface area contributed by atoms with E-state index in [0.717, 1.165) is 42.6 Å². The Morgan fingerprint density at radius 3 is 2.68 bits per heavy atom. The van der Waals surface area contributed by atoms with Gasteiger partial charge in [-0.25, -0.2) is 0 Å². The highest BCUT2D eigenvalue weighted by atomic mass is 16.6. The average Bonchev–Trinajstić information content (AvgIpc) is 3.37. The maximum absolute atomic E-state index is 12.2. The fraction of sp³-hybridized carbons (Fsp3) is 0.300. The minimum absolute atomic E-state index is 0.0138. The molecule has 1 N–H and O–H groups in total. The van der Waals surface area contributed by atoms with Gasteiger partial charge in [-0.1, -0.05) is 36.8 Å². The third-order valence-electron chi connectivity index (χ3n) is 4.47. The number of nitrogens with zero attached hydrogens (tertiary/aromatic N) is 3. The van der Waals surface area contributed by atoms with Crippen LogP contribution in [0, 0.1) is 10.1 Å². The Labute approximate surface area is 162 Å². The van der Waals surface area contributed by atoms with E-state index in [-0.39, 0.29) is 11.7 Å². The van der Waals surface area contributed by atoms with Crippen LogP contribution in [0.15, 0.2) is 52.9 Å². The second kappa shape index (κ2) is 8.98. The first-order chi connectivity index (χ1) is 13.5. The summed E-state index contributed by atoms with van der Waals surface area (Å²) in [6, 6.07) is 14.6. The summed E-state index contributed by atoms with van der Waals surface area (Å²) >= 11 is 0. The molecule has 1 aromatic carbocycles. The van der Waals surface area contributed by atoms with Gasteiger partial charge in [-0.15, -0.1) is 0 Å². The van der Waals surface area contributed by atoms with Crippen LogP contribution >= 0.6 is 0 Å². The number of H-pyrrole nitrogens is 1. The minimum atomic E-state index is -0.657. The van der Waals surface area contributed by atoms with Crippen molar-refractivity contribution in [2.24, 2.45) is 0 Å². The zero-order valence-electron chi connectivity index (χ0n) is 15.6. The van der Waals surface area contributed by atoms with E-state index in [1.54, 1.807) is 7.05 Å². The molecule has 0 saturated carbocycles. The first-order valence-corrected chi connectivity index (χ1v) is 9.14. The number of hydrogen-bond acceptors (Lipinski definition) is 5. The van der Waals surface area contributed by atoms with Gasteiger partial charge in [0.15, 0.2) is 5.76 Å². The molecule has 3 rings (SSSR count). The van der Waals surface area contributed by atoms with E-state index < -0.39 is 10.8 Å². The van der Waals surface area contributed by atoms with Crippen LogP contribution in [0.3, 0.4) is 0 Å². The molecule has 2 aromatic heterocycles. The summed E-state index contributed by atoms with van der Waals surface area (Å²) in [5.74, 6) is -0.791. The highest BCUT2D eigenvalue weighted by Gasteiger charge is 2.19. The van der Waals surface area contributed by atoms with Crippen molar-refractivity contribution in [1.29, 1.82) is 0 Å². The summed E-state index contributed by atoms with van der Waals surface area (Å²) in [4.78, 5) is 23.7. The average molecular weight is 382 g/mol. The van der Waals surface area contributed by atoms with E-state index in [4.69, 9.17) is 4.42 Å². The number of furan rings is 1. The third-order valence-corrected chi connectivity index (χ3v) is 4.47. The van der Waals surface area contributed by atoms with Crippen LogP contribution in [-0.2, 0) is 6.42 Å². The van der Waals surface area contributed by atoms with Gasteiger partial charge in [-0.3, -0.25) is 20.0 Å². The number of nitrogens with one attached hydrogen (secondary N) is 1. The van der Waals surface area contributed by atoms with Gasteiger partial charge in [0.05, 0.1) is 11.8 Å². The van der Waals surface area contributed by atoms with Crippen molar-refractivity contribution in [1.82, 2.24) is 15.1 Å². The molecule has 28 heavy (non-hydrogen) atoms. The fourth-order valence-corrected chi connectivity index (χ4v) is 2.92. The summed E-state index contributed by atoms with van der Waals surface area (Å²) in [6.07, 6.45) is 3.66. The molecule has 2 heterocycles. The molecular formula is C20H22N4O4. The number of hydrogen-bond donors (Lipinski definition) is 1. The lowest BCUT2D eigenvalue weighted by molar-refractivity contribution is -0.402. The van der Waals surface area contributed by atoms with Crippen molar-refractivity contribution in [3.05, 3.63) is 70.1 Å². The number of nitro groups is 1. The van der Waals surface area contributed by atoms with Crippen LogP contribution in [0.25, 0.3) is 11.3 Å². The molecule has 0 atom stereocenters. The number of aryl methyl sites for hydroxylation is 1. The van der Waals surface area contributed by atoms with Gasteiger partial charge in [0.25, 0.3) is 5.91 Å². The lowest BCUT2D eigenvalue weighted by atomic mass is 10.1. The molecular weight excluding hydrogens is 360 g/mol. The van der Waals surface area contributed by atoms with E-state index >= 15 is 0 Å². The molecule has 0 bridgehead atoms. The Kier molecular flexibility index (Phi) is 6.21. The predicted molar refractivity (Wildman–Crippen MR) is 104 cm³/mol. The van der Waals surface area contributed by atoms with Crippen LogP contribution < -0.4 is 0 Å². The standard InChI is InChI=1S/C20H22N4O4/c1-23(20(25)18-11-12-19(28-18)24(26)27)13-7-3-6-10-16-14-17(22-21-16)15-8-4-2-5-9-15/h2,4-5,8-9,11-12,14H,3,6-7,10,13H2,1H3,(H,21,22). The zero-order chi connectivity index (χ0) is 19.9. The van der Waals surface area contributed by atoms with Crippen molar-refractivity contribution >= 4 is 11.8 Å². The van der Waals surface area contributed by atoms with Gasteiger partial charge in [0.2, 0.25) is 0 Å². The molecule has 3 aromatic rings. The molecule has 0 unspecified atom stereocenters. The second-order valence-corrected chi connectivity index (χ2v) is 6.58. The lowest BCUT2D eigenvalue weighted by Crippen LogP contribution is -2.27. The first kappa shape index (κ1) is 19.3. The van der Waals surface area contributed by atoms with Gasteiger partial charge >= 0.3 is 5.88 Å². The molecule has 1 amide bonds. The minimum Gasteiger partial charge on any atom is -0.395 e. The van der Waals surface area contributed by atoms with Crippen molar-refractivity contribution in [2.45, 2.75) is 25.7 Å². The van der Waals surface area contributed by atoms with Crippen LogP contribution in [0.5, 0.6) is 0 Å². The molecule has 0 radical (unpaired) electrons. The van der Waals surface area contributed by atoms with E-state index in [1.165, 1.54) is 17.0 Å². The first-order valence-electron chi connectivity index (χ1n) is 9.14. The maximum Gasteiger partial charge on any atom is 0.433 e. The number of aromatic nitrogens is 2. The van der Waals surface area contributed by atoms with Crippen LogP contribution in [0.4, 0.5) is 5.88 Å². The number of rotatable bonds is 9. The van der Waals surface area contributed by atoms with E-state index in [1.807, 2.05) is 30.3 Å². The molecule has 0 aliphatic heterocycles. The molecule has 0 fully saturated rings. The molecule has 0 spiro atoms. The quantitative estimate of drug-likeness (QED) is 0.341. The molecule has 146 valence electrons. The highest BCUT2D eigenvalue weighted by molar-refractivity contribution is 5.91. The fourth-order valence-electron chi connectivity index (χ4n) is 2.92. The van der Waals surface area contributed by atoms with Gasteiger partial charge in [-0.2, -0.15) is 5.10 Å². The molecule has 8 heteroatoms. The summed E-state index contributed by atoms with van der Waals surface area (Å²) in [6.45, 7) is 0.561. The molecule has 0 aliphatic rings. The summed E-state index contributed by atoms with van der Waals surface area (Å²) in [5.41, 5.74) is 3.11. The number of unbranched alkanes of at least 4 members (excludes halogenated alkanes) is 2. The van der Waals surface area contributed by atoms with Gasteiger partial charge in [0, 0.05) is 24.8 Å². The SMILES string of the molecule is CN(CCCCCc1cc(-c2ccccc2)n[nH]1)C(=O)c1ccc([N+](=O)[O-])o1. The van der Waals surface area contributed by atoms with E-state index in [9.17, 15) is 14.9 Å². The highest BCUT2D eigenvalue weighted by Crippen LogP contribution is 2.19. The number of carbonyl (C=O) groups excluding carboxylic acids is 1. The van der Waals surface area contributed by atoms with Gasteiger partial charge < -0.3 is 9.32 Å². The predicted octanol–water partition coefficient (Wildman–Crippen LogP) is 4.06. The summed E-state index contributed by atoms with van der Waals surface area (Å²) in [7, 11) is 1.66. The van der Waals surface area contributed by atoms with Crippen LogP contribution in [0.2, 0.25) is 0 Å². The Bertz CT molecular complexity index is 933. The smallest absolute Gasteiger partial charge is 0.395 e. The van der Waals surface area contributed by atoms with Gasteiger partial charge in [0.1, 0.15) is 4.92 Å². The maximum atomic E-state index is 12.2. The summed E-state index contributed by atoms with van der Waals surface area (Å²) in [5, 5.41) is 18.1. The number of amides is 1. The lowest BCUT2D eigenvalue weighted by Gasteiger charge is -2.15. The second-order valence-electron chi connectivity index (χ2n) is 6.58. The Hall–Kier alpha value is -3.42. The third kappa shape index (κ3) is 4.85. The van der Waals surface area contributed by atoms with Crippen molar-refractivity contribution in [3.8, 4) is 11.3 Å². The molecule has 0 aliphatic carbocycles. The van der Waals surface area contributed by atoms with Gasteiger partial charge in [-0.05, 0) is 31.4 Å². The number of benzene rings is 1. The van der Waals surface area contributed by atoms with Crippen LogP contribution in [0.1, 0.15) is 35.5 Å². The van der Waals surface area contributed by atoms with E-state index in [0.29, 0.717) is 6.54 Å². The molecule has 8 nitrogen and oxygen atoms in total. The normalized spacial score (nSPS) is 10.8. The number of aromatic amines is 1. The topological polar surface area (TPSA) is 105 Å². The Balaban J connectivity index is 1.39. The zero-order valence-corrected chi connectivity index (χ0v) is 15.6. The monoisotopic (exact) mass is 382 g/mol. The molecule has 0 saturated heterocycles. The van der Waals surface area contributed by atoms with Crippen molar-refractivity contribution in [2.75, 3.05) is 13.6 Å². The van der Waals surface area contributed by atoms with Crippen LogP contribution in [-0.4, -0.2) is 39.5 Å². The van der Waals surface area contributed by atoms with Crippen molar-refractivity contribution in [3.63, 3.8) is 0 Å². The largest absolute Gasteiger partial charge is 0.433 e. The Morgan fingerprint density at radius 2 is 1.96 bits per heavy atom.